The number of aromatic nitrogens is 1. The van der Waals surface area contributed by atoms with Crippen LogP contribution >= 0.6 is 11.3 Å². The minimum atomic E-state index is -0.200. The SMILES string of the molecule is CCc1ccc(NC(=O)c2csc(Nc3ccc(C)cc3C)n2)cc1. The van der Waals surface area contributed by atoms with Crippen molar-refractivity contribution < 1.29 is 4.79 Å². The Morgan fingerprint density at radius 2 is 1.88 bits per heavy atom. The maximum absolute atomic E-state index is 12.4. The Balaban J connectivity index is 1.68. The van der Waals surface area contributed by atoms with Crippen LogP contribution in [-0.4, -0.2) is 10.9 Å². The van der Waals surface area contributed by atoms with Crippen molar-refractivity contribution in [3.63, 3.8) is 0 Å². The van der Waals surface area contributed by atoms with Crippen LogP contribution in [0, 0.1) is 13.8 Å². The summed E-state index contributed by atoms with van der Waals surface area (Å²) < 4.78 is 0. The molecule has 0 aliphatic carbocycles. The Bertz CT molecular complexity index is 884. The molecule has 0 fully saturated rings. The number of hydrogen-bond donors (Lipinski definition) is 2. The summed E-state index contributed by atoms with van der Waals surface area (Å²) in [4.78, 5) is 16.7. The van der Waals surface area contributed by atoms with E-state index < -0.39 is 0 Å². The number of carbonyl (C=O) groups is 1. The van der Waals surface area contributed by atoms with Crippen molar-refractivity contribution in [2.45, 2.75) is 27.2 Å². The van der Waals surface area contributed by atoms with Crippen molar-refractivity contribution in [2.24, 2.45) is 0 Å². The quantitative estimate of drug-likeness (QED) is 0.654. The predicted octanol–water partition coefficient (Wildman–Crippen LogP) is 5.32. The van der Waals surface area contributed by atoms with Gasteiger partial charge in [-0.15, -0.1) is 11.3 Å². The lowest BCUT2D eigenvalue weighted by molar-refractivity contribution is 0.102. The van der Waals surface area contributed by atoms with Crippen molar-refractivity contribution in [2.75, 3.05) is 10.6 Å². The molecule has 1 aromatic heterocycles. The van der Waals surface area contributed by atoms with Crippen LogP contribution in [0.15, 0.2) is 47.8 Å². The second kappa shape index (κ2) is 7.49. The van der Waals surface area contributed by atoms with Crippen LogP contribution in [0.5, 0.6) is 0 Å². The lowest BCUT2D eigenvalue weighted by atomic mass is 10.1. The molecule has 0 aliphatic rings. The number of benzene rings is 2. The molecule has 0 saturated heterocycles. The third kappa shape index (κ3) is 4.25. The zero-order valence-corrected chi connectivity index (χ0v) is 15.4. The van der Waals surface area contributed by atoms with Crippen molar-refractivity contribution in [3.8, 4) is 0 Å². The standard InChI is InChI=1S/C20H21N3OS/c1-4-15-6-8-16(9-7-15)21-19(24)18-12-25-20(23-18)22-17-10-5-13(2)11-14(17)3/h5-12H,4H2,1-3H3,(H,21,24)(H,22,23). The van der Waals surface area contributed by atoms with E-state index in [1.54, 1.807) is 5.38 Å². The molecule has 2 N–H and O–H groups in total. The highest BCUT2D eigenvalue weighted by molar-refractivity contribution is 7.14. The van der Waals surface area contributed by atoms with Crippen molar-refractivity contribution in [1.29, 1.82) is 0 Å². The average Bonchev–Trinajstić information content (AvgIpc) is 3.07. The number of nitrogens with zero attached hydrogens (tertiary/aromatic N) is 1. The molecule has 3 aromatic rings. The highest BCUT2D eigenvalue weighted by Crippen LogP contribution is 2.24. The molecular formula is C20H21N3OS. The summed E-state index contributed by atoms with van der Waals surface area (Å²) in [5.41, 5.74) is 5.80. The van der Waals surface area contributed by atoms with Gasteiger partial charge in [0.25, 0.3) is 5.91 Å². The molecular weight excluding hydrogens is 330 g/mol. The first-order valence-corrected chi connectivity index (χ1v) is 9.13. The molecule has 0 unspecified atom stereocenters. The summed E-state index contributed by atoms with van der Waals surface area (Å²) >= 11 is 1.42. The van der Waals surface area contributed by atoms with Crippen LogP contribution < -0.4 is 10.6 Å². The number of rotatable bonds is 5. The fourth-order valence-electron chi connectivity index (χ4n) is 2.52. The van der Waals surface area contributed by atoms with Gasteiger partial charge in [-0.3, -0.25) is 4.79 Å². The van der Waals surface area contributed by atoms with Crippen LogP contribution in [0.1, 0.15) is 34.1 Å². The molecule has 0 bridgehead atoms. The van der Waals surface area contributed by atoms with Crippen molar-refractivity contribution >= 4 is 33.8 Å². The molecule has 3 rings (SSSR count). The molecule has 0 saturated carbocycles. The van der Waals surface area contributed by atoms with Crippen LogP contribution in [0.3, 0.4) is 0 Å². The number of aryl methyl sites for hydroxylation is 3. The van der Waals surface area contributed by atoms with Gasteiger partial charge in [0.15, 0.2) is 5.13 Å². The molecule has 4 nitrogen and oxygen atoms in total. The first kappa shape index (κ1) is 17.2. The Labute approximate surface area is 151 Å². The van der Waals surface area contributed by atoms with E-state index in [1.807, 2.05) is 30.3 Å². The molecule has 0 aliphatic heterocycles. The van der Waals surface area contributed by atoms with Gasteiger partial charge < -0.3 is 10.6 Å². The highest BCUT2D eigenvalue weighted by atomic mass is 32.1. The number of carbonyl (C=O) groups excluding carboxylic acids is 1. The van der Waals surface area contributed by atoms with Gasteiger partial charge in [0.1, 0.15) is 5.69 Å². The van der Waals surface area contributed by atoms with Gasteiger partial charge in [-0.1, -0.05) is 36.8 Å². The van der Waals surface area contributed by atoms with Crippen LogP contribution in [-0.2, 0) is 6.42 Å². The van der Waals surface area contributed by atoms with E-state index in [0.29, 0.717) is 10.8 Å². The van der Waals surface area contributed by atoms with Gasteiger partial charge in [-0.2, -0.15) is 0 Å². The molecule has 0 radical (unpaired) electrons. The van der Waals surface area contributed by atoms with Crippen LogP contribution in [0.4, 0.5) is 16.5 Å². The second-order valence-corrected chi connectivity index (χ2v) is 6.84. The molecule has 1 amide bonds. The molecule has 1 heterocycles. The van der Waals surface area contributed by atoms with E-state index in [-0.39, 0.29) is 5.91 Å². The summed E-state index contributed by atoms with van der Waals surface area (Å²) in [5, 5.41) is 8.64. The van der Waals surface area contributed by atoms with Gasteiger partial charge in [-0.05, 0) is 49.6 Å². The first-order valence-electron chi connectivity index (χ1n) is 8.25. The van der Waals surface area contributed by atoms with E-state index in [1.165, 1.54) is 22.5 Å². The molecule has 25 heavy (non-hydrogen) atoms. The molecule has 128 valence electrons. The number of anilines is 3. The maximum Gasteiger partial charge on any atom is 0.275 e. The van der Waals surface area contributed by atoms with Crippen molar-refractivity contribution in [3.05, 3.63) is 70.2 Å². The number of hydrogen-bond acceptors (Lipinski definition) is 4. The van der Waals surface area contributed by atoms with E-state index in [9.17, 15) is 4.79 Å². The summed E-state index contributed by atoms with van der Waals surface area (Å²) in [6.45, 7) is 6.22. The Hall–Kier alpha value is -2.66. The average molecular weight is 351 g/mol. The Kier molecular flexibility index (Phi) is 5.14. The summed E-state index contributed by atoms with van der Waals surface area (Å²) in [6, 6.07) is 14.1. The summed E-state index contributed by atoms with van der Waals surface area (Å²) in [6.07, 6.45) is 0.980. The fourth-order valence-corrected chi connectivity index (χ4v) is 3.23. The second-order valence-electron chi connectivity index (χ2n) is 5.99. The molecule has 5 heteroatoms. The first-order chi connectivity index (χ1) is 12.0. The minimum absolute atomic E-state index is 0.200. The normalized spacial score (nSPS) is 10.5. The van der Waals surface area contributed by atoms with Crippen LogP contribution in [0.2, 0.25) is 0 Å². The monoisotopic (exact) mass is 351 g/mol. The maximum atomic E-state index is 12.4. The molecule has 0 atom stereocenters. The van der Waals surface area contributed by atoms with E-state index in [2.05, 4.69) is 48.5 Å². The van der Waals surface area contributed by atoms with Gasteiger partial charge in [0.05, 0.1) is 0 Å². The molecule has 0 spiro atoms. The number of nitrogens with one attached hydrogen (secondary N) is 2. The Morgan fingerprint density at radius 3 is 2.56 bits per heavy atom. The minimum Gasteiger partial charge on any atom is -0.331 e. The fraction of sp³-hybridized carbons (Fsp3) is 0.200. The van der Waals surface area contributed by atoms with Gasteiger partial charge in [0, 0.05) is 16.8 Å². The third-order valence-electron chi connectivity index (χ3n) is 3.98. The molecule has 2 aromatic carbocycles. The third-order valence-corrected chi connectivity index (χ3v) is 4.74. The van der Waals surface area contributed by atoms with E-state index in [0.717, 1.165) is 23.4 Å². The van der Waals surface area contributed by atoms with Crippen molar-refractivity contribution in [1.82, 2.24) is 4.98 Å². The zero-order chi connectivity index (χ0) is 17.8. The largest absolute Gasteiger partial charge is 0.331 e. The smallest absolute Gasteiger partial charge is 0.275 e. The predicted molar refractivity (Wildman–Crippen MR) is 105 cm³/mol. The van der Waals surface area contributed by atoms with E-state index in [4.69, 9.17) is 0 Å². The van der Waals surface area contributed by atoms with Crippen LogP contribution in [0.25, 0.3) is 0 Å². The summed E-state index contributed by atoms with van der Waals surface area (Å²) in [7, 11) is 0. The van der Waals surface area contributed by atoms with Gasteiger partial charge in [0.2, 0.25) is 0 Å². The Morgan fingerprint density at radius 1 is 1.12 bits per heavy atom. The van der Waals surface area contributed by atoms with E-state index >= 15 is 0 Å². The topological polar surface area (TPSA) is 54.0 Å². The van der Waals surface area contributed by atoms with Gasteiger partial charge >= 0.3 is 0 Å². The lowest BCUT2D eigenvalue weighted by Crippen LogP contribution is -2.12. The zero-order valence-electron chi connectivity index (χ0n) is 14.6. The van der Waals surface area contributed by atoms with Gasteiger partial charge in [-0.25, -0.2) is 4.98 Å². The highest BCUT2D eigenvalue weighted by Gasteiger charge is 2.12. The number of amides is 1. The number of thiazole rings is 1. The lowest BCUT2D eigenvalue weighted by Gasteiger charge is -2.07. The summed E-state index contributed by atoms with van der Waals surface area (Å²) in [5.74, 6) is -0.200.